The lowest BCUT2D eigenvalue weighted by atomic mass is 10.1. The van der Waals surface area contributed by atoms with Gasteiger partial charge in [0.1, 0.15) is 5.75 Å². The average Bonchev–Trinajstić information content (AvgIpc) is 2.89. The lowest BCUT2D eigenvalue weighted by Gasteiger charge is -2.31. The Kier molecular flexibility index (Phi) is 6.04. The number of hydrogen-bond donors (Lipinski definition) is 3. The Morgan fingerprint density at radius 3 is 2.54 bits per heavy atom. The average molecular weight is 445 g/mol. The molecule has 1 fully saturated rings. The summed E-state index contributed by atoms with van der Waals surface area (Å²) in [6.45, 7) is -0.260. The van der Waals surface area contributed by atoms with E-state index < -0.39 is 27.9 Å². The predicted octanol–water partition coefficient (Wildman–Crippen LogP) is 2.30. The number of hydrogen-bond acceptors (Lipinski definition) is 6. The second-order valence-corrected chi connectivity index (χ2v) is 9.45. The number of nitrogens with zero attached hydrogens (tertiary/aromatic N) is 1. The number of nitrogens with one attached hydrogen (secondary N) is 1. The number of phenolic OH excluding ortho intramolecular Hbond substituents is 1. The number of rotatable bonds is 5. The summed E-state index contributed by atoms with van der Waals surface area (Å²) >= 11 is 12.0. The zero-order chi connectivity index (χ0) is 20.5. The van der Waals surface area contributed by atoms with Crippen LogP contribution in [0.3, 0.4) is 0 Å². The molecule has 150 valence electrons. The standard InChI is InChI=1S/C18H18Cl2N2O5S/c19-13-5-2-6-14(18(13)20)21-17(25)8-22(11-3-1-4-12(23)7-11)15-9-28(26,27)10-16(15)24/h1-7,15-16,23-24H,8-10H2,(H,21,25). The maximum Gasteiger partial charge on any atom is 0.243 e. The third-order valence-electron chi connectivity index (χ3n) is 4.39. The molecule has 1 saturated heterocycles. The van der Waals surface area contributed by atoms with Crippen molar-refractivity contribution in [1.82, 2.24) is 0 Å². The normalized spacial score (nSPS) is 20.7. The highest BCUT2D eigenvalue weighted by Gasteiger charge is 2.40. The van der Waals surface area contributed by atoms with Gasteiger partial charge in [-0.05, 0) is 24.3 Å². The maximum atomic E-state index is 12.6. The van der Waals surface area contributed by atoms with Gasteiger partial charge >= 0.3 is 0 Å². The number of halogens is 2. The van der Waals surface area contributed by atoms with Crippen LogP contribution in [-0.2, 0) is 14.6 Å². The number of amides is 1. The molecule has 2 unspecified atom stereocenters. The number of carbonyl (C=O) groups excluding carboxylic acids is 1. The highest BCUT2D eigenvalue weighted by Crippen LogP contribution is 2.30. The van der Waals surface area contributed by atoms with E-state index in [1.807, 2.05) is 0 Å². The van der Waals surface area contributed by atoms with Crippen molar-refractivity contribution < 1.29 is 23.4 Å². The molecule has 1 aliphatic heterocycles. The van der Waals surface area contributed by atoms with Crippen molar-refractivity contribution in [3.63, 3.8) is 0 Å². The molecule has 2 aromatic carbocycles. The van der Waals surface area contributed by atoms with Gasteiger partial charge in [-0.25, -0.2) is 8.42 Å². The van der Waals surface area contributed by atoms with E-state index in [1.54, 1.807) is 30.3 Å². The van der Waals surface area contributed by atoms with Gasteiger partial charge in [0.05, 0.1) is 45.9 Å². The van der Waals surface area contributed by atoms with Gasteiger partial charge in [0, 0.05) is 11.8 Å². The molecule has 0 aromatic heterocycles. The molecule has 2 atom stereocenters. The SMILES string of the molecule is O=C(CN(c1cccc(O)c1)C1CS(=O)(=O)CC1O)Nc1cccc(Cl)c1Cl. The number of sulfone groups is 1. The molecule has 3 rings (SSSR count). The van der Waals surface area contributed by atoms with E-state index in [0.717, 1.165) is 0 Å². The van der Waals surface area contributed by atoms with Crippen LogP contribution in [0.2, 0.25) is 10.0 Å². The molecule has 1 aliphatic rings. The van der Waals surface area contributed by atoms with Crippen LogP contribution in [0.5, 0.6) is 5.75 Å². The molecule has 2 aromatic rings. The zero-order valence-electron chi connectivity index (χ0n) is 14.5. The first-order valence-electron chi connectivity index (χ1n) is 8.34. The monoisotopic (exact) mass is 444 g/mol. The molecule has 10 heteroatoms. The lowest BCUT2D eigenvalue weighted by Crippen LogP contribution is -2.47. The van der Waals surface area contributed by atoms with Crippen LogP contribution in [-0.4, -0.2) is 54.7 Å². The van der Waals surface area contributed by atoms with Crippen molar-refractivity contribution in [1.29, 1.82) is 0 Å². The van der Waals surface area contributed by atoms with Crippen LogP contribution < -0.4 is 10.2 Å². The number of anilines is 2. The summed E-state index contributed by atoms with van der Waals surface area (Å²) < 4.78 is 23.9. The van der Waals surface area contributed by atoms with Crippen LogP contribution in [0.25, 0.3) is 0 Å². The fraction of sp³-hybridized carbons (Fsp3) is 0.278. The van der Waals surface area contributed by atoms with Gasteiger partial charge < -0.3 is 20.4 Å². The Balaban J connectivity index is 1.87. The molecule has 0 aliphatic carbocycles. The van der Waals surface area contributed by atoms with E-state index in [0.29, 0.717) is 11.4 Å². The van der Waals surface area contributed by atoms with Crippen LogP contribution in [0, 0.1) is 0 Å². The molecule has 0 bridgehead atoms. The molecular weight excluding hydrogens is 427 g/mol. The molecule has 28 heavy (non-hydrogen) atoms. The molecule has 1 amide bonds. The molecule has 7 nitrogen and oxygen atoms in total. The van der Waals surface area contributed by atoms with Crippen molar-refractivity contribution in [3.8, 4) is 5.75 Å². The van der Waals surface area contributed by atoms with E-state index in [9.17, 15) is 23.4 Å². The summed E-state index contributed by atoms with van der Waals surface area (Å²) in [4.78, 5) is 14.1. The minimum Gasteiger partial charge on any atom is -0.508 e. The van der Waals surface area contributed by atoms with Gasteiger partial charge in [0.15, 0.2) is 9.84 Å². The predicted molar refractivity (Wildman–Crippen MR) is 109 cm³/mol. The fourth-order valence-electron chi connectivity index (χ4n) is 3.12. The fourth-order valence-corrected chi connectivity index (χ4v) is 5.27. The van der Waals surface area contributed by atoms with Crippen LogP contribution in [0.4, 0.5) is 11.4 Å². The first kappa shape index (κ1) is 20.7. The second-order valence-electron chi connectivity index (χ2n) is 6.51. The second kappa shape index (κ2) is 8.16. The van der Waals surface area contributed by atoms with Gasteiger partial charge in [-0.2, -0.15) is 0 Å². The minimum atomic E-state index is -3.44. The van der Waals surface area contributed by atoms with Crippen molar-refractivity contribution in [2.75, 3.05) is 28.3 Å². The molecule has 0 spiro atoms. The third-order valence-corrected chi connectivity index (χ3v) is 6.91. The Hall–Kier alpha value is -2.00. The Labute approximate surface area is 172 Å². The Morgan fingerprint density at radius 2 is 1.89 bits per heavy atom. The van der Waals surface area contributed by atoms with Crippen molar-refractivity contribution >= 4 is 50.3 Å². The lowest BCUT2D eigenvalue weighted by molar-refractivity contribution is -0.115. The van der Waals surface area contributed by atoms with Crippen LogP contribution in [0.15, 0.2) is 42.5 Å². The summed E-state index contributed by atoms with van der Waals surface area (Å²) in [6.07, 6.45) is -1.16. The first-order chi connectivity index (χ1) is 13.2. The Morgan fingerprint density at radius 1 is 1.18 bits per heavy atom. The number of benzene rings is 2. The summed E-state index contributed by atoms with van der Waals surface area (Å²) in [5.74, 6) is -1.20. The summed E-state index contributed by atoms with van der Waals surface area (Å²) in [5, 5.41) is 23.1. The number of carbonyl (C=O) groups is 1. The largest absolute Gasteiger partial charge is 0.508 e. The van der Waals surface area contributed by atoms with Crippen molar-refractivity contribution in [2.24, 2.45) is 0 Å². The van der Waals surface area contributed by atoms with Gasteiger partial charge in [-0.15, -0.1) is 0 Å². The smallest absolute Gasteiger partial charge is 0.243 e. The number of aromatic hydroxyl groups is 1. The number of aliphatic hydroxyl groups is 1. The summed E-state index contributed by atoms with van der Waals surface area (Å²) in [6, 6.07) is 10.0. The minimum absolute atomic E-state index is 0.0452. The van der Waals surface area contributed by atoms with Crippen LogP contribution in [0.1, 0.15) is 0 Å². The van der Waals surface area contributed by atoms with E-state index >= 15 is 0 Å². The number of aliphatic hydroxyl groups excluding tert-OH is 1. The number of phenols is 1. The van der Waals surface area contributed by atoms with Crippen molar-refractivity contribution in [2.45, 2.75) is 12.1 Å². The first-order valence-corrected chi connectivity index (χ1v) is 10.9. The molecule has 0 radical (unpaired) electrons. The molecule has 1 heterocycles. The highest BCUT2D eigenvalue weighted by molar-refractivity contribution is 7.91. The van der Waals surface area contributed by atoms with Gasteiger partial charge in [0.25, 0.3) is 0 Å². The molecule has 0 saturated carbocycles. The van der Waals surface area contributed by atoms with Gasteiger partial charge in [-0.3, -0.25) is 4.79 Å². The molecular formula is C18H18Cl2N2O5S. The molecule has 3 N–H and O–H groups in total. The van der Waals surface area contributed by atoms with Gasteiger partial charge in [-0.1, -0.05) is 35.3 Å². The summed E-state index contributed by atoms with van der Waals surface area (Å²) in [5.41, 5.74) is 0.725. The van der Waals surface area contributed by atoms with E-state index in [1.165, 1.54) is 17.0 Å². The van der Waals surface area contributed by atoms with E-state index in [-0.39, 0.29) is 33.8 Å². The zero-order valence-corrected chi connectivity index (χ0v) is 16.9. The van der Waals surface area contributed by atoms with Gasteiger partial charge in [0.2, 0.25) is 5.91 Å². The topological polar surface area (TPSA) is 107 Å². The highest BCUT2D eigenvalue weighted by atomic mass is 35.5. The Bertz CT molecular complexity index is 999. The summed E-state index contributed by atoms with van der Waals surface area (Å²) in [7, 11) is -3.44. The maximum absolute atomic E-state index is 12.6. The van der Waals surface area contributed by atoms with E-state index in [2.05, 4.69) is 5.32 Å². The quantitative estimate of drug-likeness (QED) is 0.652. The van der Waals surface area contributed by atoms with E-state index in [4.69, 9.17) is 23.2 Å². The van der Waals surface area contributed by atoms with Crippen molar-refractivity contribution in [3.05, 3.63) is 52.5 Å². The third kappa shape index (κ3) is 4.70. The van der Waals surface area contributed by atoms with Crippen LogP contribution >= 0.6 is 23.2 Å².